The second-order valence-corrected chi connectivity index (χ2v) is 10.2. The number of carbonyl (C=O) groups is 1. The Balaban J connectivity index is 1.67. The van der Waals surface area contributed by atoms with E-state index >= 15 is 0 Å². The van der Waals surface area contributed by atoms with Gasteiger partial charge in [-0.1, -0.05) is 61.9 Å². The van der Waals surface area contributed by atoms with Crippen LogP contribution in [0.2, 0.25) is 0 Å². The number of nitrogens with two attached hydrogens (primary N) is 1. The summed E-state index contributed by atoms with van der Waals surface area (Å²) in [6.45, 7) is 7.81. The van der Waals surface area contributed by atoms with Crippen molar-refractivity contribution in [3.05, 3.63) is 106 Å². The highest BCUT2D eigenvalue weighted by molar-refractivity contribution is 5.94. The van der Waals surface area contributed by atoms with Gasteiger partial charge in [-0.3, -0.25) is 19.1 Å². The minimum atomic E-state index is -0.0984. The number of aryl methyl sites for hydroxylation is 2. The molecule has 2 aromatic heterocycles. The molecule has 0 aliphatic carbocycles. The summed E-state index contributed by atoms with van der Waals surface area (Å²) in [5, 5.41) is 0.506. The van der Waals surface area contributed by atoms with Gasteiger partial charge in [-0.05, 0) is 56.0 Å². The second-order valence-electron chi connectivity index (χ2n) is 10.2. The van der Waals surface area contributed by atoms with E-state index in [4.69, 9.17) is 10.7 Å². The van der Waals surface area contributed by atoms with Crippen LogP contribution in [0.4, 0.5) is 0 Å². The molecule has 0 aliphatic heterocycles. The Hall–Kier alpha value is -3.84. The highest BCUT2D eigenvalue weighted by Gasteiger charge is 2.27. The van der Waals surface area contributed by atoms with Crippen LogP contribution in [0.1, 0.15) is 54.0 Å². The Kier molecular flexibility index (Phi) is 9.02. The Labute approximate surface area is 224 Å². The normalized spacial score (nSPS) is 12.1. The zero-order valence-corrected chi connectivity index (χ0v) is 22.5. The quantitative estimate of drug-likeness (QED) is 0.318. The lowest BCUT2D eigenvalue weighted by Gasteiger charge is -2.35. The average Bonchev–Trinajstić information content (AvgIpc) is 2.93. The van der Waals surface area contributed by atoms with Crippen molar-refractivity contribution in [3.8, 4) is 0 Å². The maximum absolute atomic E-state index is 13.7. The van der Waals surface area contributed by atoms with Crippen LogP contribution in [0.25, 0.3) is 10.9 Å². The molecule has 0 saturated carbocycles. The third kappa shape index (κ3) is 6.34. The molecule has 38 heavy (non-hydrogen) atoms. The standard InChI is InChI=1S/C31H37N5O2/c1-22(2)28(35(19-7-17-32)30(37)25-12-10-23(3)11-13-25)14-15-29-34-27-16-18-33-20-26(27)31(38)36(29)21-24-8-5-4-6-9-24/h4-6,8-13,16,18,20,22,28H,7,14-15,17,19,21,32H2,1-3H3. The van der Waals surface area contributed by atoms with Gasteiger partial charge in [0.15, 0.2) is 0 Å². The molecule has 1 unspecified atom stereocenters. The largest absolute Gasteiger partial charge is 0.335 e. The van der Waals surface area contributed by atoms with Crippen molar-refractivity contribution in [2.24, 2.45) is 11.7 Å². The van der Waals surface area contributed by atoms with Crippen LogP contribution in [0, 0.1) is 12.8 Å². The molecule has 0 saturated heterocycles. The first-order valence-electron chi connectivity index (χ1n) is 13.3. The molecule has 0 spiro atoms. The van der Waals surface area contributed by atoms with E-state index in [0.717, 1.165) is 17.5 Å². The van der Waals surface area contributed by atoms with Crippen molar-refractivity contribution in [2.75, 3.05) is 13.1 Å². The third-order valence-electron chi connectivity index (χ3n) is 7.01. The molecule has 0 fully saturated rings. The minimum Gasteiger partial charge on any atom is -0.335 e. The van der Waals surface area contributed by atoms with Crippen LogP contribution in [-0.4, -0.2) is 44.5 Å². The summed E-state index contributed by atoms with van der Waals surface area (Å²) in [6, 6.07) is 19.4. The summed E-state index contributed by atoms with van der Waals surface area (Å²) in [4.78, 5) is 38.2. The number of hydrogen-bond acceptors (Lipinski definition) is 5. The van der Waals surface area contributed by atoms with Gasteiger partial charge in [0.1, 0.15) is 5.82 Å². The number of hydrogen-bond donors (Lipinski definition) is 1. The molecule has 1 atom stereocenters. The Morgan fingerprint density at radius 1 is 1.05 bits per heavy atom. The highest BCUT2D eigenvalue weighted by Crippen LogP contribution is 2.21. The average molecular weight is 512 g/mol. The van der Waals surface area contributed by atoms with Gasteiger partial charge in [-0.25, -0.2) is 4.98 Å². The molecule has 2 aromatic carbocycles. The predicted octanol–water partition coefficient (Wildman–Crippen LogP) is 4.60. The first-order chi connectivity index (χ1) is 18.4. The van der Waals surface area contributed by atoms with Crippen LogP contribution in [0.5, 0.6) is 0 Å². The monoisotopic (exact) mass is 511 g/mol. The van der Waals surface area contributed by atoms with E-state index in [9.17, 15) is 9.59 Å². The number of rotatable bonds is 11. The SMILES string of the molecule is Cc1ccc(C(=O)N(CCCN)C(CCc2nc3ccncc3c(=O)n2Cc2ccccc2)C(C)C)cc1. The van der Waals surface area contributed by atoms with E-state index in [-0.39, 0.29) is 23.4 Å². The maximum Gasteiger partial charge on any atom is 0.263 e. The van der Waals surface area contributed by atoms with Gasteiger partial charge >= 0.3 is 0 Å². The topological polar surface area (TPSA) is 94.1 Å². The minimum absolute atomic E-state index is 0.0105. The summed E-state index contributed by atoms with van der Waals surface area (Å²) >= 11 is 0. The summed E-state index contributed by atoms with van der Waals surface area (Å²) in [6.07, 6.45) is 5.20. The predicted molar refractivity (Wildman–Crippen MR) is 152 cm³/mol. The summed E-state index contributed by atoms with van der Waals surface area (Å²) < 4.78 is 1.75. The van der Waals surface area contributed by atoms with Crippen molar-refractivity contribution < 1.29 is 4.79 Å². The molecule has 0 radical (unpaired) electrons. The Morgan fingerprint density at radius 2 is 1.79 bits per heavy atom. The van der Waals surface area contributed by atoms with Crippen LogP contribution < -0.4 is 11.3 Å². The molecule has 7 heteroatoms. The van der Waals surface area contributed by atoms with Crippen molar-refractivity contribution >= 4 is 16.8 Å². The van der Waals surface area contributed by atoms with Crippen LogP contribution in [0.15, 0.2) is 77.9 Å². The van der Waals surface area contributed by atoms with E-state index in [1.165, 1.54) is 0 Å². The highest BCUT2D eigenvalue weighted by atomic mass is 16.2. The number of pyridine rings is 1. The van der Waals surface area contributed by atoms with Gasteiger partial charge in [-0.15, -0.1) is 0 Å². The van der Waals surface area contributed by atoms with Gasteiger partial charge in [0.05, 0.1) is 17.4 Å². The van der Waals surface area contributed by atoms with Crippen molar-refractivity contribution in [3.63, 3.8) is 0 Å². The van der Waals surface area contributed by atoms with Gasteiger partial charge in [0.2, 0.25) is 0 Å². The Morgan fingerprint density at radius 3 is 2.47 bits per heavy atom. The number of benzene rings is 2. The van der Waals surface area contributed by atoms with E-state index in [1.54, 1.807) is 23.0 Å². The molecular formula is C31H37N5O2. The fourth-order valence-corrected chi connectivity index (χ4v) is 4.90. The molecule has 2 heterocycles. The first kappa shape index (κ1) is 27.2. The molecular weight excluding hydrogens is 474 g/mol. The maximum atomic E-state index is 13.7. The van der Waals surface area contributed by atoms with Crippen LogP contribution in [-0.2, 0) is 13.0 Å². The zero-order chi connectivity index (χ0) is 27.1. The van der Waals surface area contributed by atoms with E-state index in [1.807, 2.05) is 66.4 Å². The molecule has 1 amide bonds. The van der Waals surface area contributed by atoms with E-state index < -0.39 is 0 Å². The number of fused-ring (bicyclic) bond motifs is 1. The lowest BCUT2D eigenvalue weighted by Crippen LogP contribution is -2.45. The second kappa shape index (κ2) is 12.6. The van der Waals surface area contributed by atoms with Crippen molar-refractivity contribution in [1.82, 2.24) is 19.4 Å². The van der Waals surface area contributed by atoms with E-state index in [0.29, 0.717) is 54.8 Å². The lowest BCUT2D eigenvalue weighted by molar-refractivity contribution is 0.0610. The molecule has 0 aliphatic rings. The summed E-state index contributed by atoms with van der Waals surface area (Å²) in [5.74, 6) is 0.933. The number of aromatic nitrogens is 3. The lowest BCUT2D eigenvalue weighted by atomic mass is 9.95. The molecule has 4 rings (SSSR count). The van der Waals surface area contributed by atoms with Crippen LogP contribution >= 0.6 is 0 Å². The number of carbonyl (C=O) groups excluding carboxylic acids is 1. The number of amides is 1. The zero-order valence-electron chi connectivity index (χ0n) is 22.5. The smallest absolute Gasteiger partial charge is 0.263 e. The van der Waals surface area contributed by atoms with Gasteiger partial charge in [0.25, 0.3) is 11.5 Å². The van der Waals surface area contributed by atoms with Gasteiger partial charge in [-0.2, -0.15) is 0 Å². The molecule has 7 nitrogen and oxygen atoms in total. The Bertz CT molecular complexity index is 1410. The molecule has 2 N–H and O–H groups in total. The molecule has 0 bridgehead atoms. The molecule has 4 aromatic rings. The fraction of sp³-hybridized carbons (Fsp3) is 0.355. The van der Waals surface area contributed by atoms with Gasteiger partial charge < -0.3 is 10.6 Å². The fourth-order valence-electron chi connectivity index (χ4n) is 4.90. The summed E-state index contributed by atoms with van der Waals surface area (Å²) in [7, 11) is 0. The van der Waals surface area contributed by atoms with Crippen LogP contribution in [0.3, 0.4) is 0 Å². The van der Waals surface area contributed by atoms with Crippen molar-refractivity contribution in [1.29, 1.82) is 0 Å². The van der Waals surface area contributed by atoms with E-state index in [2.05, 4.69) is 18.8 Å². The van der Waals surface area contributed by atoms with Gasteiger partial charge in [0, 0.05) is 37.0 Å². The number of nitrogens with zero attached hydrogens (tertiary/aromatic N) is 4. The van der Waals surface area contributed by atoms with Crippen molar-refractivity contribution in [2.45, 2.75) is 52.6 Å². The first-order valence-corrected chi connectivity index (χ1v) is 13.3. The summed E-state index contributed by atoms with van der Waals surface area (Å²) in [5.41, 5.74) is 9.21. The third-order valence-corrected chi connectivity index (χ3v) is 7.01. The molecule has 198 valence electrons.